The van der Waals surface area contributed by atoms with E-state index in [2.05, 4.69) is 30.2 Å². The van der Waals surface area contributed by atoms with Crippen LogP contribution in [-0.2, 0) is 6.42 Å². The van der Waals surface area contributed by atoms with Gasteiger partial charge in [0.15, 0.2) is 0 Å². The number of carbonyl (C=O) groups excluding carboxylic acids is 1. The summed E-state index contributed by atoms with van der Waals surface area (Å²) in [4.78, 5) is 26.6. The van der Waals surface area contributed by atoms with E-state index in [1.54, 1.807) is 36.7 Å². The van der Waals surface area contributed by atoms with Gasteiger partial charge in [-0.2, -0.15) is 5.10 Å². The van der Waals surface area contributed by atoms with Crippen LogP contribution in [0, 0.1) is 0 Å². The predicted molar refractivity (Wildman–Crippen MR) is 113 cm³/mol. The highest BCUT2D eigenvalue weighted by molar-refractivity contribution is 5.90. The topological polar surface area (TPSA) is 118 Å². The van der Waals surface area contributed by atoms with Crippen LogP contribution in [0.2, 0.25) is 0 Å². The van der Waals surface area contributed by atoms with Crippen LogP contribution in [0.3, 0.4) is 0 Å². The van der Waals surface area contributed by atoms with Gasteiger partial charge in [0.05, 0.1) is 23.2 Å². The average molecular weight is 462 g/mol. The van der Waals surface area contributed by atoms with Gasteiger partial charge in [0, 0.05) is 36.6 Å². The molecule has 1 aliphatic rings. The highest BCUT2D eigenvalue weighted by Gasteiger charge is 2.38. The summed E-state index contributed by atoms with van der Waals surface area (Å²) < 4.78 is 34.1. The first-order chi connectivity index (χ1) is 16.6. The third-order valence-corrected chi connectivity index (χ3v) is 5.75. The Kier molecular flexibility index (Phi) is 4.64. The third kappa shape index (κ3) is 3.22. The minimum absolute atomic E-state index is 0.118. The summed E-state index contributed by atoms with van der Waals surface area (Å²) in [5.74, 6) is -0.603. The summed E-state index contributed by atoms with van der Waals surface area (Å²) in [6, 6.07) is 8.91. The molecule has 1 N–H and O–H groups in total. The zero-order valence-electron chi connectivity index (χ0n) is 17.5. The molecule has 0 fully saturated rings. The number of nitrogens with zero attached hydrogens (tertiary/aromatic N) is 7. The summed E-state index contributed by atoms with van der Waals surface area (Å²) in [5, 5.41) is 12.4. The van der Waals surface area contributed by atoms with E-state index in [1.165, 1.54) is 27.9 Å². The molecule has 0 bridgehead atoms. The molecule has 0 saturated heterocycles. The van der Waals surface area contributed by atoms with Crippen molar-refractivity contribution in [3.05, 3.63) is 83.7 Å². The number of pyridine rings is 2. The molecule has 0 aromatic carbocycles. The Morgan fingerprint density at radius 1 is 1.18 bits per heavy atom. The second-order valence-corrected chi connectivity index (χ2v) is 7.71. The van der Waals surface area contributed by atoms with Gasteiger partial charge in [-0.05, 0) is 30.3 Å². The number of amides is 1. The maximum Gasteiger partial charge on any atom is 0.312 e. The number of hydrogen-bond donors (Lipinski definition) is 1. The molecule has 6 rings (SSSR count). The number of aromatic amines is 1. The lowest BCUT2D eigenvalue weighted by Gasteiger charge is -2.32. The molecule has 1 amide bonds. The van der Waals surface area contributed by atoms with Gasteiger partial charge in [-0.25, -0.2) is 18.3 Å². The van der Waals surface area contributed by atoms with Crippen LogP contribution in [0.1, 0.15) is 45.8 Å². The van der Waals surface area contributed by atoms with Crippen LogP contribution in [0.25, 0.3) is 17.1 Å². The number of hydrogen-bond acceptors (Lipinski definition) is 7. The SMILES string of the molecule is O=C(c1nnc(-c2ccccn2)o1)N1CCc2[nH]cnc2C1c1cc2c(C(F)F)cccn2n1. The van der Waals surface area contributed by atoms with Crippen molar-refractivity contribution in [2.24, 2.45) is 0 Å². The number of fused-ring (bicyclic) bond motifs is 2. The molecule has 6 heterocycles. The smallest absolute Gasteiger partial charge is 0.312 e. The summed E-state index contributed by atoms with van der Waals surface area (Å²) >= 11 is 0. The highest BCUT2D eigenvalue weighted by Crippen LogP contribution is 2.35. The molecular formula is C22H16F2N8O2. The van der Waals surface area contributed by atoms with Crippen LogP contribution in [0.4, 0.5) is 8.78 Å². The van der Waals surface area contributed by atoms with Gasteiger partial charge in [-0.15, -0.1) is 10.2 Å². The quantitative estimate of drug-likeness (QED) is 0.436. The molecule has 12 heteroatoms. The zero-order chi connectivity index (χ0) is 23.2. The van der Waals surface area contributed by atoms with Crippen LogP contribution < -0.4 is 0 Å². The van der Waals surface area contributed by atoms with Gasteiger partial charge in [-0.1, -0.05) is 6.07 Å². The fourth-order valence-corrected chi connectivity index (χ4v) is 4.19. The van der Waals surface area contributed by atoms with Gasteiger partial charge in [0.1, 0.15) is 11.7 Å². The lowest BCUT2D eigenvalue weighted by molar-refractivity contribution is 0.0646. The molecule has 0 aliphatic carbocycles. The van der Waals surface area contributed by atoms with Crippen molar-refractivity contribution in [2.75, 3.05) is 6.54 Å². The number of H-pyrrole nitrogens is 1. The van der Waals surface area contributed by atoms with Crippen molar-refractivity contribution in [3.8, 4) is 11.6 Å². The maximum atomic E-state index is 13.6. The number of imidazole rings is 1. The lowest BCUT2D eigenvalue weighted by Crippen LogP contribution is -2.41. The fourth-order valence-electron chi connectivity index (χ4n) is 4.19. The molecule has 0 saturated carbocycles. The lowest BCUT2D eigenvalue weighted by atomic mass is 9.99. The molecule has 1 unspecified atom stereocenters. The van der Waals surface area contributed by atoms with E-state index in [9.17, 15) is 13.6 Å². The van der Waals surface area contributed by atoms with E-state index >= 15 is 0 Å². The molecule has 170 valence electrons. The van der Waals surface area contributed by atoms with Crippen molar-refractivity contribution in [3.63, 3.8) is 0 Å². The molecular weight excluding hydrogens is 446 g/mol. The van der Waals surface area contributed by atoms with Crippen molar-refractivity contribution in [1.29, 1.82) is 0 Å². The van der Waals surface area contributed by atoms with Crippen molar-refractivity contribution >= 4 is 11.4 Å². The molecule has 5 aromatic heterocycles. The first-order valence-electron chi connectivity index (χ1n) is 10.4. The third-order valence-electron chi connectivity index (χ3n) is 5.75. The number of aromatic nitrogens is 7. The number of carbonyl (C=O) groups is 1. The predicted octanol–water partition coefficient (Wildman–Crippen LogP) is 3.23. The van der Waals surface area contributed by atoms with Crippen LogP contribution in [0.5, 0.6) is 0 Å². The number of nitrogens with one attached hydrogen (secondary N) is 1. The Balaban J connectivity index is 1.42. The fraction of sp³-hybridized carbons (Fsp3) is 0.182. The Bertz CT molecular complexity index is 1490. The van der Waals surface area contributed by atoms with E-state index < -0.39 is 18.4 Å². The van der Waals surface area contributed by atoms with Gasteiger partial charge in [0.2, 0.25) is 0 Å². The van der Waals surface area contributed by atoms with Crippen LogP contribution >= 0.6 is 0 Å². The summed E-state index contributed by atoms with van der Waals surface area (Å²) in [6.07, 6.45) is 2.56. The second kappa shape index (κ2) is 7.83. The second-order valence-electron chi connectivity index (χ2n) is 7.71. The van der Waals surface area contributed by atoms with E-state index in [0.717, 1.165) is 5.69 Å². The maximum absolute atomic E-state index is 13.6. The Morgan fingerprint density at radius 3 is 2.91 bits per heavy atom. The number of rotatable bonds is 4. The standard InChI is InChI=1S/C22H16F2N8O2/c23-19(24)12-4-3-8-32-16(12)10-15(30-32)18-17-13(26-11-27-17)6-9-31(18)22(33)21-29-28-20(34-21)14-5-1-2-7-25-14/h1-5,7-8,10-11,18-19H,6,9H2,(H,26,27). The highest BCUT2D eigenvalue weighted by atomic mass is 19.3. The minimum Gasteiger partial charge on any atom is -0.411 e. The zero-order valence-corrected chi connectivity index (χ0v) is 17.5. The number of halogens is 2. The monoisotopic (exact) mass is 462 g/mol. The molecule has 0 radical (unpaired) electrons. The normalized spacial score (nSPS) is 15.7. The largest absolute Gasteiger partial charge is 0.411 e. The van der Waals surface area contributed by atoms with E-state index in [0.29, 0.717) is 30.0 Å². The molecule has 1 atom stereocenters. The Hall–Kier alpha value is -4.48. The summed E-state index contributed by atoms with van der Waals surface area (Å²) in [6.45, 7) is 0.315. The first-order valence-corrected chi connectivity index (χ1v) is 10.4. The van der Waals surface area contributed by atoms with Gasteiger partial charge in [-0.3, -0.25) is 9.78 Å². The first kappa shape index (κ1) is 20.1. The van der Waals surface area contributed by atoms with Crippen molar-refractivity contribution in [2.45, 2.75) is 18.9 Å². The van der Waals surface area contributed by atoms with Crippen molar-refractivity contribution in [1.82, 2.24) is 39.7 Å². The van der Waals surface area contributed by atoms with Crippen molar-refractivity contribution < 1.29 is 18.0 Å². The van der Waals surface area contributed by atoms with Crippen LogP contribution in [0.15, 0.2) is 59.5 Å². The Morgan fingerprint density at radius 2 is 2.09 bits per heavy atom. The molecule has 1 aliphatic heterocycles. The summed E-state index contributed by atoms with van der Waals surface area (Å²) in [5.41, 5.74) is 2.40. The van der Waals surface area contributed by atoms with E-state index in [1.807, 2.05) is 0 Å². The van der Waals surface area contributed by atoms with Crippen LogP contribution in [-0.4, -0.2) is 52.1 Å². The molecule has 5 aromatic rings. The molecule has 0 spiro atoms. The van der Waals surface area contributed by atoms with Gasteiger partial charge >= 0.3 is 11.8 Å². The summed E-state index contributed by atoms with van der Waals surface area (Å²) in [7, 11) is 0. The molecule has 10 nitrogen and oxygen atoms in total. The Labute approximate surface area is 190 Å². The van der Waals surface area contributed by atoms with Gasteiger partial charge in [0.25, 0.3) is 12.3 Å². The number of alkyl halides is 2. The van der Waals surface area contributed by atoms with E-state index in [4.69, 9.17) is 4.42 Å². The molecule has 34 heavy (non-hydrogen) atoms. The minimum atomic E-state index is -2.67. The van der Waals surface area contributed by atoms with E-state index in [-0.39, 0.29) is 22.9 Å². The average Bonchev–Trinajstić information content (AvgIpc) is 3.62. The van der Waals surface area contributed by atoms with Gasteiger partial charge < -0.3 is 14.3 Å².